The first kappa shape index (κ1) is 12.1. The van der Waals surface area contributed by atoms with Crippen LogP contribution in [0.1, 0.15) is 15.9 Å². The molecule has 0 saturated heterocycles. The third-order valence-electron chi connectivity index (χ3n) is 3.01. The molecule has 1 heterocycles. The molecule has 1 amide bonds. The molecule has 0 aliphatic carbocycles. The molecule has 0 N–H and O–H groups in total. The molecule has 1 aromatic rings. The van der Waals surface area contributed by atoms with E-state index in [9.17, 15) is 4.79 Å². The third-order valence-corrected chi connectivity index (χ3v) is 3.01. The van der Waals surface area contributed by atoms with Gasteiger partial charge in [0.2, 0.25) is 0 Å². The first-order valence-corrected chi connectivity index (χ1v) is 5.73. The highest BCUT2D eigenvalue weighted by Gasteiger charge is 2.19. The lowest BCUT2D eigenvalue weighted by atomic mass is 10.0. The Balaban J connectivity index is 2.68. The number of hydrogen-bond donors (Lipinski definition) is 0. The summed E-state index contributed by atoms with van der Waals surface area (Å²) in [5, 5.41) is 0. The number of hydrogen-bond acceptors (Lipinski definition) is 1. The number of likely N-dealkylation sites (N-methyl/N-ethyl adjacent to an activating group) is 1. The fraction of sp³-hybridized carbons (Fsp3) is 0.0625. The third kappa shape index (κ3) is 1.93. The number of benzene rings is 1. The van der Waals surface area contributed by atoms with E-state index in [0.717, 1.165) is 16.8 Å². The number of carbonyl (C=O) groups excluding carboxylic acids is 1. The van der Waals surface area contributed by atoms with Gasteiger partial charge in [0.25, 0.3) is 5.91 Å². The summed E-state index contributed by atoms with van der Waals surface area (Å²) in [7, 11) is 1.75. The van der Waals surface area contributed by atoms with Crippen LogP contribution in [0.5, 0.6) is 0 Å². The Bertz CT molecular complexity index is 579. The molecule has 18 heavy (non-hydrogen) atoms. The largest absolute Gasteiger partial charge is 0.311 e. The van der Waals surface area contributed by atoms with E-state index in [4.69, 9.17) is 0 Å². The topological polar surface area (TPSA) is 20.3 Å². The van der Waals surface area contributed by atoms with Gasteiger partial charge < -0.3 is 4.90 Å². The van der Waals surface area contributed by atoms with Gasteiger partial charge >= 0.3 is 0 Å². The minimum absolute atomic E-state index is 0.0378. The molecule has 0 radical (unpaired) electrons. The van der Waals surface area contributed by atoms with Crippen LogP contribution in [0.4, 0.5) is 0 Å². The molecule has 0 spiro atoms. The van der Waals surface area contributed by atoms with Crippen molar-refractivity contribution < 1.29 is 4.79 Å². The highest BCUT2D eigenvalue weighted by Crippen LogP contribution is 2.22. The lowest BCUT2D eigenvalue weighted by Gasteiger charge is -2.22. The smallest absolute Gasteiger partial charge is 0.258 e. The van der Waals surface area contributed by atoms with Gasteiger partial charge in [-0.2, -0.15) is 0 Å². The molecular weight excluding hydrogens is 222 g/mol. The van der Waals surface area contributed by atoms with Gasteiger partial charge in [-0.05, 0) is 23.3 Å². The molecule has 90 valence electrons. The van der Waals surface area contributed by atoms with E-state index in [-0.39, 0.29) is 5.91 Å². The normalized spacial score (nSPS) is 20.7. The molecule has 0 fully saturated rings. The molecule has 0 saturated carbocycles. The van der Waals surface area contributed by atoms with E-state index in [2.05, 4.69) is 13.2 Å². The van der Waals surface area contributed by atoms with Gasteiger partial charge in [-0.3, -0.25) is 4.79 Å². The van der Waals surface area contributed by atoms with E-state index in [1.807, 2.05) is 36.4 Å². The van der Waals surface area contributed by atoms with Crippen molar-refractivity contribution >= 4 is 12.0 Å². The number of rotatable bonds is 2. The zero-order valence-corrected chi connectivity index (χ0v) is 10.4. The predicted molar refractivity (Wildman–Crippen MR) is 75.0 cm³/mol. The molecule has 0 aromatic heterocycles. The number of allylic oxidation sites excluding steroid dienone is 4. The Morgan fingerprint density at radius 3 is 2.50 bits per heavy atom. The van der Waals surface area contributed by atoms with Crippen molar-refractivity contribution in [2.75, 3.05) is 7.05 Å². The van der Waals surface area contributed by atoms with Crippen molar-refractivity contribution in [3.8, 4) is 0 Å². The maximum absolute atomic E-state index is 12.4. The van der Waals surface area contributed by atoms with E-state index in [1.54, 1.807) is 24.1 Å². The van der Waals surface area contributed by atoms with Crippen LogP contribution >= 0.6 is 0 Å². The second-order valence-electron chi connectivity index (χ2n) is 4.03. The maximum atomic E-state index is 12.4. The summed E-state index contributed by atoms with van der Waals surface area (Å²) in [6, 6.07) is 7.55. The van der Waals surface area contributed by atoms with Crippen LogP contribution in [-0.4, -0.2) is 17.9 Å². The molecule has 2 rings (SSSR count). The molecule has 0 bridgehead atoms. The van der Waals surface area contributed by atoms with Gasteiger partial charge in [0.15, 0.2) is 0 Å². The van der Waals surface area contributed by atoms with Gasteiger partial charge in [-0.15, -0.1) is 0 Å². The van der Waals surface area contributed by atoms with Gasteiger partial charge in [-0.1, -0.05) is 49.6 Å². The Hall–Kier alpha value is -2.35. The van der Waals surface area contributed by atoms with E-state index >= 15 is 0 Å². The van der Waals surface area contributed by atoms with Crippen LogP contribution in [-0.2, 0) is 0 Å². The molecule has 0 atom stereocenters. The summed E-state index contributed by atoms with van der Waals surface area (Å²) >= 11 is 0. The lowest BCUT2D eigenvalue weighted by Crippen LogP contribution is -2.27. The first-order valence-electron chi connectivity index (χ1n) is 5.73. The van der Waals surface area contributed by atoms with Crippen LogP contribution < -0.4 is 0 Å². The van der Waals surface area contributed by atoms with Crippen molar-refractivity contribution in [2.45, 2.75) is 0 Å². The van der Waals surface area contributed by atoms with Crippen molar-refractivity contribution in [3.63, 3.8) is 0 Å². The average Bonchev–Trinajstić information content (AvgIpc) is 2.41. The first-order chi connectivity index (χ1) is 8.69. The SMILES string of the molecule is C=CC1=C(\C=C)N(C)C(=O)c2ccccc2/C=C\1. The Morgan fingerprint density at radius 1 is 1.11 bits per heavy atom. The van der Waals surface area contributed by atoms with Crippen LogP contribution in [0, 0.1) is 0 Å². The number of nitrogens with zero attached hydrogens (tertiary/aromatic N) is 1. The summed E-state index contributed by atoms with van der Waals surface area (Å²) in [5.41, 5.74) is 3.26. The van der Waals surface area contributed by atoms with Gasteiger partial charge in [0, 0.05) is 12.6 Å². The average molecular weight is 237 g/mol. The summed E-state index contributed by atoms with van der Waals surface area (Å²) < 4.78 is 0. The summed E-state index contributed by atoms with van der Waals surface area (Å²) in [6.45, 7) is 7.54. The van der Waals surface area contributed by atoms with Gasteiger partial charge in [-0.25, -0.2) is 0 Å². The number of amides is 1. The Kier molecular flexibility index (Phi) is 3.28. The monoisotopic (exact) mass is 237 g/mol. The number of carbonyl (C=O) groups is 1. The van der Waals surface area contributed by atoms with Crippen molar-refractivity contribution in [3.05, 3.63) is 78.0 Å². The number of fused-ring (bicyclic) bond motifs is 1. The second kappa shape index (κ2) is 4.88. The van der Waals surface area contributed by atoms with Crippen LogP contribution in [0.2, 0.25) is 0 Å². The highest BCUT2D eigenvalue weighted by atomic mass is 16.2. The standard InChI is InChI=1S/C16H15NO/c1-4-12-10-11-13-8-6-7-9-14(13)16(18)17(3)15(12)5-2/h4-11H,1-2H2,3H3/b11-10-,15-12-. The lowest BCUT2D eigenvalue weighted by molar-refractivity contribution is 0.0839. The molecule has 1 aliphatic rings. The summed E-state index contributed by atoms with van der Waals surface area (Å²) in [5.74, 6) is -0.0378. The molecule has 0 unspecified atom stereocenters. The Labute approximate surface area is 107 Å². The molecular formula is C16H15NO. The van der Waals surface area contributed by atoms with E-state index in [1.165, 1.54) is 0 Å². The minimum Gasteiger partial charge on any atom is -0.311 e. The molecule has 2 heteroatoms. The summed E-state index contributed by atoms with van der Waals surface area (Å²) in [4.78, 5) is 14.0. The fourth-order valence-corrected chi connectivity index (χ4v) is 2.01. The Morgan fingerprint density at radius 2 is 1.83 bits per heavy atom. The van der Waals surface area contributed by atoms with E-state index in [0.29, 0.717) is 5.56 Å². The molecule has 2 nitrogen and oxygen atoms in total. The maximum Gasteiger partial charge on any atom is 0.258 e. The fourth-order valence-electron chi connectivity index (χ4n) is 2.01. The van der Waals surface area contributed by atoms with Crippen molar-refractivity contribution in [2.24, 2.45) is 0 Å². The zero-order chi connectivity index (χ0) is 13.1. The molecule has 1 aliphatic heterocycles. The highest BCUT2D eigenvalue weighted by molar-refractivity contribution is 5.99. The van der Waals surface area contributed by atoms with Crippen LogP contribution in [0.3, 0.4) is 0 Å². The van der Waals surface area contributed by atoms with E-state index < -0.39 is 0 Å². The van der Waals surface area contributed by atoms with Gasteiger partial charge in [0.05, 0.1) is 5.70 Å². The summed E-state index contributed by atoms with van der Waals surface area (Å²) in [6.07, 6.45) is 7.28. The van der Waals surface area contributed by atoms with Crippen molar-refractivity contribution in [1.29, 1.82) is 0 Å². The second-order valence-corrected chi connectivity index (χ2v) is 4.03. The minimum atomic E-state index is -0.0378. The van der Waals surface area contributed by atoms with Crippen LogP contribution in [0.15, 0.2) is 66.9 Å². The van der Waals surface area contributed by atoms with Crippen molar-refractivity contribution in [1.82, 2.24) is 4.90 Å². The molecule has 1 aromatic carbocycles. The zero-order valence-electron chi connectivity index (χ0n) is 10.4. The van der Waals surface area contributed by atoms with Gasteiger partial charge in [0.1, 0.15) is 0 Å². The quantitative estimate of drug-likeness (QED) is 0.772. The van der Waals surface area contributed by atoms with Crippen LogP contribution in [0.25, 0.3) is 6.08 Å². The predicted octanol–water partition coefficient (Wildman–Crippen LogP) is 3.41.